The third kappa shape index (κ3) is 2.43. The molecule has 102 valence electrons. The first-order valence-corrected chi connectivity index (χ1v) is 7.70. The summed E-state index contributed by atoms with van der Waals surface area (Å²) in [5.74, 6) is 0.405. The summed E-state index contributed by atoms with van der Waals surface area (Å²) in [4.78, 5) is 0. The molecule has 1 aliphatic heterocycles. The predicted octanol–water partition coefficient (Wildman–Crippen LogP) is 0.133. The zero-order valence-electron chi connectivity index (χ0n) is 10.8. The van der Waals surface area contributed by atoms with Gasteiger partial charge >= 0.3 is 0 Å². The lowest BCUT2D eigenvalue weighted by atomic mass is 10.1. The Morgan fingerprint density at radius 3 is 3.00 bits per heavy atom. The first-order valence-electron chi connectivity index (χ1n) is 6.26. The Hall–Kier alpha value is -0.920. The first-order chi connectivity index (χ1) is 8.59. The Kier molecular flexibility index (Phi) is 4.04. The van der Waals surface area contributed by atoms with Crippen LogP contribution in [0.15, 0.2) is 17.3 Å². The van der Waals surface area contributed by atoms with Crippen molar-refractivity contribution >= 4 is 10.0 Å². The molecule has 1 fully saturated rings. The van der Waals surface area contributed by atoms with Crippen LogP contribution in [0, 0.1) is 5.92 Å². The molecule has 6 nitrogen and oxygen atoms in total. The maximum Gasteiger partial charge on any atom is 0.260 e. The van der Waals surface area contributed by atoms with Crippen LogP contribution in [0.5, 0.6) is 0 Å². The molecule has 0 bridgehead atoms. The summed E-state index contributed by atoms with van der Waals surface area (Å²) in [6, 6.07) is 1.57. The van der Waals surface area contributed by atoms with Gasteiger partial charge in [-0.05, 0) is 38.9 Å². The van der Waals surface area contributed by atoms with Crippen LogP contribution in [-0.4, -0.2) is 49.2 Å². The lowest BCUT2D eigenvalue weighted by Gasteiger charge is -2.17. The molecule has 2 rings (SSSR count). The van der Waals surface area contributed by atoms with Gasteiger partial charge in [-0.15, -0.1) is 0 Å². The van der Waals surface area contributed by atoms with Crippen molar-refractivity contribution in [1.29, 1.82) is 0 Å². The lowest BCUT2D eigenvalue weighted by Crippen LogP contribution is -2.32. The third-order valence-corrected chi connectivity index (χ3v) is 5.21. The Bertz CT molecular complexity index is 497. The van der Waals surface area contributed by atoms with Gasteiger partial charge in [-0.3, -0.25) is 4.68 Å². The van der Waals surface area contributed by atoms with Gasteiger partial charge in [-0.1, -0.05) is 0 Å². The molecular weight excluding hydrogens is 252 g/mol. The fourth-order valence-electron chi connectivity index (χ4n) is 2.38. The van der Waals surface area contributed by atoms with E-state index in [0.717, 1.165) is 13.0 Å². The van der Waals surface area contributed by atoms with Crippen LogP contribution in [0.1, 0.15) is 13.3 Å². The van der Waals surface area contributed by atoms with Crippen molar-refractivity contribution in [2.45, 2.75) is 24.9 Å². The minimum atomic E-state index is -3.38. The van der Waals surface area contributed by atoms with E-state index in [9.17, 15) is 8.42 Å². The largest absolute Gasteiger partial charge is 0.319 e. The van der Waals surface area contributed by atoms with Crippen molar-refractivity contribution in [2.24, 2.45) is 5.92 Å². The smallest absolute Gasteiger partial charge is 0.260 e. The molecule has 1 saturated heterocycles. The van der Waals surface area contributed by atoms with Gasteiger partial charge in [-0.25, -0.2) is 8.42 Å². The number of hydrogen-bond donors (Lipinski definition) is 1. The molecule has 0 amide bonds. The van der Waals surface area contributed by atoms with Gasteiger partial charge in [0, 0.05) is 19.6 Å². The van der Waals surface area contributed by atoms with Crippen molar-refractivity contribution in [1.82, 2.24) is 19.4 Å². The third-order valence-electron chi connectivity index (χ3n) is 3.32. The second-order valence-corrected chi connectivity index (χ2v) is 6.45. The molecule has 1 atom stereocenters. The van der Waals surface area contributed by atoms with Crippen LogP contribution in [0.4, 0.5) is 0 Å². The number of aromatic nitrogens is 2. The van der Waals surface area contributed by atoms with Gasteiger partial charge in [0.2, 0.25) is 0 Å². The van der Waals surface area contributed by atoms with Gasteiger partial charge in [0.15, 0.2) is 5.03 Å². The Labute approximate surface area is 108 Å². The second-order valence-electron chi connectivity index (χ2n) is 4.56. The zero-order valence-corrected chi connectivity index (χ0v) is 11.7. The molecule has 0 aromatic carbocycles. The molecule has 7 heteroatoms. The van der Waals surface area contributed by atoms with Gasteiger partial charge < -0.3 is 5.32 Å². The summed E-state index contributed by atoms with van der Waals surface area (Å²) in [7, 11) is -1.49. The van der Waals surface area contributed by atoms with E-state index in [0.29, 0.717) is 30.6 Å². The van der Waals surface area contributed by atoms with Crippen LogP contribution in [-0.2, 0) is 16.6 Å². The van der Waals surface area contributed by atoms with Crippen LogP contribution >= 0.6 is 0 Å². The lowest BCUT2D eigenvalue weighted by molar-refractivity contribution is 0.441. The molecule has 1 aromatic heterocycles. The standard InChI is InChI=1S/C11H20N4O2S/c1-3-15-11(4-6-13-15)18(16,17)14-7-5-10(9-14)8-12-2/h4,6,10,12H,3,5,7-9H2,1-2H3. The molecule has 1 N–H and O–H groups in total. The van der Waals surface area contributed by atoms with Crippen molar-refractivity contribution in [3.8, 4) is 0 Å². The molecule has 0 aliphatic carbocycles. The number of aryl methyl sites for hydroxylation is 1. The average molecular weight is 272 g/mol. The molecule has 1 aromatic rings. The SMILES string of the molecule is CCn1nccc1S(=O)(=O)N1CCC(CNC)C1. The van der Waals surface area contributed by atoms with E-state index in [1.165, 1.54) is 10.9 Å². The molecular formula is C11H20N4O2S. The normalized spacial score (nSPS) is 21.6. The van der Waals surface area contributed by atoms with E-state index in [4.69, 9.17) is 0 Å². The summed E-state index contributed by atoms with van der Waals surface area (Å²) in [6.07, 6.45) is 2.46. The Balaban J connectivity index is 2.18. The van der Waals surface area contributed by atoms with Gasteiger partial charge in [0.25, 0.3) is 10.0 Å². The monoisotopic (exact) mass is 272 g/mol. The van der Waals surface area contributed by atoms with Gasteiger partial charge in [0.05, 0.1) is 6.20 Å². The van der Waals surface area contributed by atoms with E-state index in [1.54, 1.807) is 10.4 Å². The highest BCUT2D eigenvalue weighted by Gasteiger charge is 2.33. The highest BCUT2D eigenvalue weighted by Crippen LogP contribution is 2.23. The Morgan fingerprint density at radius 2 is 2.33 bits per heavy atom. The minimum absolute atomic E-state index is 0.301. The fraction of sp³-hybridized carbons (Fsp3) is 0.727. The van der Waals surface area contributed by atoms with E-state index in [2.05, 4.69) is 10.4 Å². The van der Waals surface area contributed by atoms with E-state index >= 15 is 0 Å². The summed E-state index contributed by atoms with van der Waals surface area (Å²) < 4.78 is 28.0. The molecule has 0 radical (unpaired) electrons. The zero-order chi connectivity index (χ0) is 13.2. The number of nitrogens with zero attached hydrogens (tertiary/aromatic N) is 3. The van der Waals surface area contributed by atoms with Crippen LogP contribution in [0.3, 0.4) is 0 Å². The summed E-state index contributed by atoms with van der Waals surface area (Å²) >= 11 is 0. The quantitative estimate of drug-likeness (QED) is 0.827. The number of nitrogens with one attached hydrogen (secondary N) is 1. The van der Waals surface area contributed by atoms with E-state index in [-0.39, 0.29) is 0 Å². The summed E-state index contributed by atoms with van der Waals surface area (Å²) in [6.45, 7) is 4.51. The van der Waals surface area contributed by atoms with Crippen molar-refractivity contribution in [3.63, 3.8) is 0 Å². The van der Waals surface area contributed by atoms with Crippen LogP contribution in [0.25, 0.3) is 0 Å². The fourth-order valence-corrected chi connectivity index (χ4v) is 4.07. The maximum atomic E-state index is 12.5. The number of hydrogen-bond acceptors (Lipinski definition) is 4. The number of rotatable bonds is 5. The number of sulfonamides is 1. The molecule has 0 saturated carbocycles. The predicted molar refractivity (Wildman–Crippen MR) is 68.7 cm³/mol. The van der Waals surface area contributed by atoms with E-state index in [1.807, 2.05) is 14.0 Å². The van der Waals surface area contributed by atoms with Crippen molar-refractivity contribution in [3.05, 3.63) is 12.3 Å². The Morgan fingerprint density at radius 1 is 1.56 bits per heavy atom. The van der Waals surface area contributed by atoms with Crippen molar-refractivity contribution < 1.29 is 8.42 Å². The van der Waals surface area contributed by atoms with Crippen LogP contribution < -0.4 is 5.32 Å². The first kappa shape index (κ1) is 13.5. The topological polar surface area (TPSA) is 67.2 Å². The molecule has 1 unspecified atom stereocenters. The van der Waals surface area contributed by atoms with Crippen molar-refractivity contribution in [2.75, 3.05) is 26.7 Å². The minimum Gasteiger partial charge on any atom is -0.319 e. The summed E-state index contributed by atoms with van der Waals surface area (Å²) in [5, 5.41) is 7.43. The van der Waals surface area contributed by atoms with Gasteiger partial charge in [0.1, 0.15) is 0 Å². The van der Waals surface area contributed by atoms with Gasteiger partial charge in [-0.2, -0.15) is 9.40 Å². The molecule has 18 heavy (non-hydrogen) atoms. The van der Waals surface area contributed by atoms with Crippen LogP contribution in [0.2, 0.25) is 0 Å². The summed E-state index contributed by atoms with van der Waals surface area (Å²) in [5.41, 5.74) is 0. The molecule has 1 aliphatic rings. The average Bonchev–Trinajstić information content (AvgIpc) is 2.97. The van der Waals surface area contributed by atoms with E-state index < -0.39 is 10.0 Å². The molecule has 2 heterocycles. The molecule has 0 spiro atoms. The highest BCUT2D eigenvalue weighted by molar-refractivity contribution is 7.89. The second kappa shape index (κ2) is 5.38. The maximum absolute atomic E-state index is 12.5. The highest BCUT2D eigenvalue weighted by atomic mass is 32.2.